The Balaban J connectivity index is 1.77. The van der Waals surface area contributed by atoms with Crippen LogP contribution < -0.4 is 18.9 Å². The van der Waals surface area contributed by atoms with Gasteiger partial charge in [-0.1, -0.05) is 18.2 Å². The minimum atomic E-state index is 0.539. The van der Waals surface area contributed by atoms with Crippen molar-refractivity contribution in [1.82, 2.24) is 0 Å². The van der Waals surface area contributed by atoms with E-state index < -0.39 is 0 Å². The summed E-state index contributed by atoms with van der Waals surface area (Å²) in [6, 6.07) is 11.0. The second-order valence-electron chi connectivity index (χ2n) is 5.84. The van der Waals surface area contributed by atoms with Crippen LogP contribution in [0.4, 0.5) is 0 Å². The Hall–Kier alpha value is -2.95. The monoisotopic (exact) mass is 370 g/mol. The van der Waals surface area contributed by atoms with E-state index >= 15 is 0 Å². The summed E-state index contributed by atoms with van der Waals surface area (Å²) in [5.74, 6) is 2.65. The van der Waals surface area contributed by atoms with Crippen LogP contribution in [0.3, 0.4) is 0 Å². The Morgan fingerprint density at radius 3 is 1.78 bits per heavy atom. The summed E-state index contributed by atoms with van der Waals surface area (Å²) in [6.45, 7) is 3.09. The number of ether oxygens (including phenoxy) is 4. The lowest BCUT2D eigenvalue weighted by Crippen LogP contribution is -2.04. The SMILES string of the molecule is C/C=C/c1ccc(OCCCCOc2ccc(C=O)cc2OC)c(OC)c1. The Morgan fingerprint density at radius 2 is 1.30 bits per heavy atom. The molecule has 2 aromatic rings. The van der Waals surface area contributed by atoms with Crippen molar-refractivity contribution in [2.75, 3.05) is 27.4 Å². The van der Waals surface area contributed by atoms with E-state index in [0.29, 0.717) is 30.3 Å². The molecule has 0 radical (unpaired) electrons. The fourth-order valence-corrected chi connectivity index (χ4v) is 2.54. The lowest BCUT2D eigenvalue weighted by atomic mass is 10.2. The van der Waals surface area contributed by atoms with Crippen LogP contribution in [0.25, 0.3) is 6.08 Å². The third-order valence-electron chi connectivity index (χ3n) is 3.92. The summed E-state index contributed by atoms with van der Waals surface area (Å²) in [7, 11) is 3.19. The Labute approximate surface area is 160 Å². The predicted octanol–water partition coefficient (Wildman–Crippen LogP) is 4.79. The lowest BCUT2D eigenvalue weighted by Gasteiger charge is -2.12. The average molecular weight is 370 g/mol. The Morgan fingerprint density at radius 1 is 0.778 bits per heavy atom. The van der Waals surface area contributed by atoms with E-state index in [4.69, 9.17) is 18.9 Å². The van der Waals surface area contributed by atoms with E-state index in [1.54, 1.807) is 32.4 Å². The van der Waals surface area contributed by atoms with Crippen LogP contribution in [0.15, 0.2) is 42.5 Å². The number of methoxy groups -OCH3 is 2. The van der Waals surface area contributed by atoms with Gasteiger partial charge in [0.15, 0.2) is 23.0 Å². The normalized spacial score (nSPS) is 10.6. The van der Waals surface area contributed by atoms with Gasteiger partial charge in [-0.05, 0) is 55.7 Å². The van der Waals surface area contributed by atoms with Gasteiger partial charge in [0.2, 0.25) is 0 Å². The Bertz CT molecular complexity index is 767. The van der Waals surface area contributed by atoms with Crippen molar-refractivity contribution in [3.8, 4) is 23.0 Å². The number of hydrogen-bond acceptors (Lipinski definition) is 5. The van der Waals surface area contributed by atoms with Crippen molar-refractivity contribution >= 4 is 12.4 Å². The summed E-state index contributed by atoms with van der Waals surface area (Å²) in [4.78, 5) is 10.8. The molecular weight excluding hydrogens is 344 g/mol. The van der Waals surface area contributed by atoms with Gasteiger partial charge in [0.1, 0.15) is 6.29 Å². The quantitative estimate of drug-likeness (QED) is 0.421. The molecule has 0 heterocycles. The van der Waals surface area contributed by atoms with E-state index in [1.807, 2.05) is 37.3 Å². The fraction of sp³-hybridized carbons (Fsp3) is 0.318. The summed E-state index contributed by atoms with van der Waals surface area (Å²) >= 11 is 0. The number of benzene rings is 2. The molecule has 0 atom stereocenters. The number of aldehydes is 1. The van der Waals surface area contributed by atoms with Gasteiger partial charge in [0.05, 0.1) is 27.4 Å². The molecule has 2 rings (SSSR count). The molecule has 0 aromatic heterocycles. The second kappa shape index (κ2) is 10.9. The van der Waals surface area contributed by atoms with Crippen molar-refractivity contribution < 1.29 is 23.7 Å². The van der Waals surface area contributed by atoms with Crippen LogP contribution in [0.5, 0.6) is 23.0 Å². The molecule has 0 bridgehead atoms. The average Bonchev–Trinajstić information content (AvgIpc) is 2.71. The first kappa shape index (κ1) is 20.4. The highest BCUT2D eigenvalue weighted by molar-refractivity contribution is 5.76. The van der Waals surface area contributed by atoms with Gasteiger partial charge >= 0.3 is 0 Å². The summed E-state index contributed by atoms with van der Waals surface area (Å²) in [6.07, 6.45) is 6.45. The third kappa shape index (κ3) is 6.06. The number of rotatable bonds is 11. The number of unbranched alkanes of at least 4 members (excludes halogenated alkanes) is 1. The molecule has 5 heteroatoms. The molecule has 0 unspecified atom stereocenters. The molecule has 0 saturated carbocycles. The summed E-state index contributed by atoms with van der Waals surface area (Å²) < 4.78 is 22.2. The van der Waals surface area contributed by atoms with Gasteiger partial charge in [-0.3, -0.25) is 4.79 Å². The molecule has 0 saturated heterocycles. The van der Waals surface area contributed by atoms with Crippen LogP contribution >= 0.6 is 0 Å². The maximum absolute atomic E-state index is 10.8. The molecule has 0 aliphatic carbocycles. The Kier molecular flexibility index (Phi) is 8.23. The molecule has 0 spiro atoms. The molecule has 2 aromatic carbocycles. The van der Waals surface area contributed by atoms with E-state index in [2.05, 4.69) is 0 Å². The molecule has 5 nitrogen and oxygen atoms in total. The number of carbonyl (C=O) groups is 1. The molecule has 144 valence electrons. The van der Waals surface area contributed by atoms with Gasteiger partial charge in [-0.15, -0.1) is 0 Å². The van der Waals surface area contributed by atoms with Crippen molar-refractivity contribution in [3.63, 3.8) is 0 Å². The first-order chi connectivity index (χ1) is 13.2. The molecule has 0 N–H and O–H groups in total. The van der Waals surface area contributed by atoms with Gasteiger partial charge in [0, 0.05) is 5.56 Å². The van der Waals surface area contributed by atoms with Gasteiger partial charge in [-0.2, -0.15) is 0 Å². The van der Waals surface area contributed by atoms with Crippen molar-refractivity contribution in [2.45, 2.75) is 19.8 Å². The van der Waals surface area contributed by atoms with Crippen molar-refractivity contribution in [2.24, 2.45) is 0 Å². The van der Waals surface area contributed by atoms with Gasteiger partial charge < -0.3 is 18.9 Å². The van der Waals surface area contributed by atoms with Crippen LogP contribution in [0, 0.1) is 0 Å². The standard InChI is InChI=1S/C22H26O5/c1-4-7-17-8-10-19(21(14-17)24-2)26-12-5-6-13-27-20-11-9-18(16-23)15-22(20)25-3/h4,7-11,14-16H,5-6,12-13H2,1-3H3/b7-4+. The first-order valence-corrected chi connectivity index (χ1v) is 8.91. The maximum Gasteiger partial charge on any atom is 0.161 e. The summed E-state index contributed by atoms with van der Waals surface area (Å²) in [5.41, 5.74) is 1.63. The zero-order valence-corrected chi connectivity index (χ0v) is 16.1. The zero-order chi connectivity index (χ0) is 19.5. The van der Waals surface area contributed by atoms with Crippen LogP contribution in [0.2, 0.25) is 0 Å². The fourth-order valence-electron chi connectivity index (χ4n) is 2.54. The first-order valence-electron chi connectivity index (χ1n) is 8.91. The number of allylic oxidation sites excluding steroid dienone is 1. The van der Waals surface area contributed by atoms with E-state index in [-0.39, 0.29) is 0 Å². The van der Waals surface area contributed by atoms with E-state index in [1.165, 1.54) is 0 Å². The summed E-state index contributed by atoms with van der Waals surface area (Å²) in [5, 5.41) is 0. The van der Waals surface area contributed by atoms with Gasteiger partial charge in [-0.25, -0.2) is 0 Å². The molecule has 0 amide bonds. The minimum Gasteiger partial charge on any atom is -0.493 e. The number of hydrogen-bond donors (Lipinski definition) is 0. The highest BCUT2D eigenvalue weighted by atomic mass is 16.5. The minimum absolute atomic E-state index is 0.539. The zero-order valence-electron chi connectivity index (χ0n) is 16.1. The molecular formula is C22H26O5. The second-order valence-corrected chi connectivity index (χ2v) is 5.84. The van der Waals surface area contributed by atoms with E-state index in [9.17, 15) is 4.79 Å². The highest BCUT2D eigenvalue weighted by Gasteiger charge is 2.07. The molecule has 0 aliphatic rings. The molecule has 27 heavy (non-hydrogen) atoms. The van der Waals surface area contributed by atoms with E-state index in [0.717, 1.165) is 36.2 Å². The van der Waals surface area contributed by atoms with Crippen LogP contribution in [-0.2, 0) is 0 Å². The number of carbonyl (C=O) groups excluding carboxylic acids is 1. The van der Waals surface area contributed by atoms with Crippen molar-refractivity contribution in [1.29, 1.82) is 0 Å². The highest BCUT2D eigenvalue weighted by Crippen LogP contribution is 2.29. The van der Waals surface area contributed by atoms with Crippen LogP contribution in [0.1, 0.15) is 35.7 Å². The van der Waals surface area contributed by atoms with Crippen LogP contribution in [-0.4, -0.2) is 33.7 Å². The smallest absolute Gasteiger partial charge is 0.161 e. The predicted molar refractivity (Wildman–Crippen MR) is 106 cm³/mol. The maximum atomic E-state index is 10.8. The molecule has 0 aliphatic heterocycles. The third-order valence-corrected chi connectivity index (χ3v) is 3.92. The molecule has 0 fully saturated rings. The lowest BCUT2D eigenvalue weighted by molar-refractivity contribution is 0.112. The largest absolute Gasteiger partial charge is 0.493 e. The van der Waals surface area contributed by atoms with Crippen molar-refractivity contribution in [3.05, 3.63) is 53.6 Å². The topological polar surface area (TPSA) is 54.0 Å². The van der Waals surface area contributed by atoms with Gasteiger partial charge in [0.25, 0.3) is 0 Å².